The Labute approximate surface area is 259 Å². The van der Waals surface area contributed by atoms with E-state index in [9.17, 15) is 14.7 Å². The minimum absolute atomic E-state index is 0.0801. The number of methoxy groups -OCH3 is 2. The summed E-state index contributed by atoms with van der Waals surface area (Å²) in [6.45, 7) is 3.53. The fraction of sp³-hybridized carbons (Fsp3) is 0.194. The lowest BCUT2D eigenvalue weighted by Gasteiger charge is -2.26. The van der Waals surface area contributed by atoms with E-state index in [4.69, 9.17) is 9.47 Å². The van der Waals surface area contributed by atoms with Crippen molar-refractivity contribution in [1.29, 1.82) is 0 Å². The van der Waals surface area contributed by atoms with E-state index in [2.05, 4.69) is 39.4 Å². The first-order valence-corrected chi connectivity index (χ1v) is 15.8. The van der Waals surface area contributed by atoms with Crippen LogP contribution in [0.3, 0.4) is 0 Å². The smallest absolute Gasteiger partial charge is 0.296 e. The van der Waals surface area contributed by atoms with Crippen molar-refractivity contribution in [1.82, 2.24) is 15.2 Å². The number of nitrogens with zero attached hydrogens (tertiary/aromatic N) is 4. The molecule has 0 saturated carbocycles. The molecule has 9 nitrogen and oxygen atoms in total. The van der Waals surface area contributed by atoms with Crippen LogP contribution in [-0.2, 0) is 10.5 Å². The number of Topliss-reactive ketones (excluding diaryl/α,β-unsaturated/α-hetero) is 1. The van der Waals surface area contributed by atoms with Crippen molar-refractivity contribution in [3.05, 3.63) is 98.7 Å². The van der Waals surface area contributed by atoms with Gasteiger partial charge >= 0.3 is 0 Å². The Kier molecular flexibility index (Phi) is 7.91. The average Bonchev–Trinajstić information content (AvgIpc) is 3.70. The van der Waals surface area contributed by atoms with E-state index in [1.807, 2.05) is 18.2 Å². The van der Waals surface area contributed by atoms with Gasteiger partial charge in [-0.05, 0) is 36.2 Å². The predicted molar refractivity (Wildman–Crippen MR) is 169 cm³/mol. The molecule has 1 aliphatic heterocycles. The van der Waals surface area contributed by atoms with Gasteiger partial charge in [0.25, 0.3) is 5.91 Å². The van der Waals surface area contributed by atoms with Gasteiger partial charge in [0, 0.05) is 11.3 Å². The number of aromatic nitrogens is 3. The van der Waals surface area contributed by atoms with E-state index in [1.165, 1.54) is 53.6 Å². The summed E-state index contributed by atoms with van der Waals surface area (Å²) in [5.41, 5.74) is 2.06. The summed E-state index contributed by atoms with van der Waals surface area (Å²) >= 11 is 3.93. The molecule has 0 radical (unpaired) electrons. The number of carbonyl (C=O) groups is 2. The first-order chi connectivity index (χ1) is 20.8. The third-order valence-corrected chi connectivity index (χ3v) is 10.3. The van der Waals surface area contributed by atoms with Crippen molar-refractivity contribution < 1.29 is 24.2 Å². The number of anilines is 1. The molecule has 0 saturated heterocycles. The molecule has 12 heteroatoms. The van der Waals surface area contributed by atoms with Crippen molar-refractivity contribution >= 4 is 62.0 Å². The summed E-state index contributed by atoms with van der Waals surface area (Å²) in [5.74, 6) is -0.487. The molecular weight excluding hydrogens is 605 g/mol. The molecule has 1 N–H and O–H groups in total. The summed E-state index contributed by atoms with van der Waals surface area (Å²) in [6.07, 6.45) is 0. The maximum Gasteiger partial charge on any atom is 0.296 e. The van der Waals surface area contributed by atoms with E-state index in [0.717, 1.165) is 16.3 Å². The predicted octanol–water partition coefficient (Wildman–Crippen LogP) is 6.86. The molecule has 1 amide bonds. The molecule has 2 aromatic heterocycles. The van der Waals surface area contributed by atoms with Crippen LogP contribution in [0.5, 0.6) is 11.5 Å². The Bertz CT molecular complexity index is 1910. The number of aliphatic hydroxyl groups is 1. The molecule has 43 heavy (non-hydrogen) atoms. The van der Waals surface area contributed by atoms with E-state index in [1.54, 1.807) is 32.0 Å². The maximum atomic E-state index is 14.0. The fourth-order valence-corrected chi connectivity index (χ4v) is 7.98. The van der Waals surface area contributed by atoms with Crippen LogP contribution in [0.2, 0.25) is 0 Å². The van der Waals surface area contributed by atoms with Crippen LogP contribution in [-0.4, -0.2) is 46.2 Å². The number of hydrogen-bond donors (Lipinski definition) is 1. The SMILES string of the molecule is COc1cccc(C2C(C(=O)c3sc(C)nc3C)=C(O)C(=O)N2c2nnc(SCc3cccc4ccccc34)s2)c1OC. The van der Waals surface area contributed by atoms with Gasteiger partial charge in [-0.3, -0.25) is 14.5 Å². The molecule has 0 bridgehead atoms. The van der Waals surface area contributed by atoms with Gasteiger partial charge in [-0.25, -0.2) is 4.98 Å². The fourth-order valence-electron chi connectivity index (χ4n) is 5.24. The number of hydrogen-bond acceptors (Lipinski definition) is 11. The first-order valence-electron chi connectivity index (χ1n) is 13.2. The van der Waals surface area contributed by atoms with Crippen LogP contribution in [0.15, 0.2) is 76.3 Å². The van der Waals surface area contributed by atoms with Crippen LogP contribution >= 0.6 is 34.4 Å². The lowest BCUT2D eigenvalue weighted by atomic mass is 9.94. The van der Waals surface area contributed by atoms with E-state index < -0.39 is 23.5 Å². The van der Waals surface area contributed by atoms with Gasteiger partial charge in [0.2, 0.25) is 10.9 Å². The van der Waals surface area contributed by atoms with Crippen molar-refractivity contribution in [2.45, 2.75) is 30.0 Å². The molecule has 1 atom stereocenters. The Balaban J connectivity index is 1.40. The topological polar surface area (TPSA) is 115 Å². The van der Waals surface area contributed by atoms with Crippen LogP contribution in [0, 0.1) is 13.8 Å². The second kappa shape index (κ2) is 11.8. The number of para-hydroxylation sites is 1. The Morgan fingerprint density at radius 1 is 1.00 bits per heavy atom. The molecule has 6 rings (SSSR count). The van der Waals surface area contributed by atoms with Crippen LogP contribution in [0.4, 0.5) is 5.13 Å². The summed E-state index contributed by atoms with van der Waals surface area (Å²) < 4.78 is 11.9. The lowest BCUT2D eigenvalue weighted by molar-refractivity contribution is -0.117. The zero-order valence-electron chi connectivity index (χ0n) is 23.7. The second-order valence-electron chi connectivity index (χ2n) is 9.68. The number of ketones is 1. The third kappa shape index (κ3) is 5.15. The highest BCUT2D eigenvalue weighted by Crippen LogP contribution is 2.48. The quantitative estimate of drug-likeness (QED) is 0.106. The highest BCUT2D eigenvalue weighted by atomic mass is 32.2. The molecule has 0 aliphatic carbocycles. The minimum atomic E-state index is -1.05. The van der Waals surface area contributed by atoms with Crippen molar-refractivity contribution in [2.75, 3.05) is 19.1 Å². The summed E-state index contributed by atoms with van der Waals surface area (Å²) in [7, 11) is 2.99. The standard InChI is InChI=1S/C31H26N4O5S3/c1-16-28(42-17(2)32-16)25(36)23-24(21-13-8-14-22(39-3)27(21)40-4)35(29(38)26(23)37)30-33-34-31(43-30)41-15-19-11-7-10-18-9-5-6-12-20(18)19/h5-14,24,37H,15H2,1-4H3. The summed E-state index contributed by atoms with van der Waals surface area (Å²) in [4.78, 5) is 33.8. The number of aliphatic hydroxyl groups excluding tert-OH is 1. The number of carbonyl (C=O) groups excluding carboxylic acids is 2. The van der Waals surface area contributed by atoms with Crippen LogP contribution < -0.4 is 14.4 Å². The normalized spacial score (nSPS) is 15.0. The second-order valence-corrected chi connectivity index (χ2v) is 13.1. The zero-order chi connectivity index (χ0) is 30.2. The Hall–Kier alpha value is -4.26. The number of aryl methyl sites for hydroxylation is 2. The number of ether oxygens (including phenoxy) is 2. The molecule has 0 fully saturated rings. The number of benzene rings is 3. The third-order valence-electron chi connectivity index (χ3n) is 7.12. The molecule has 3 aromatic carbocycles. The Morgan fingerprint density at radius 3 is 2.51 bits per heavy atom. The number of rotatable bonds is 9. The van der Waals surface area contributed by atoms with Gasteiger partial charge in [0.1, 0.15) is 6.04 Å². The van der Waals surface area contributed by atoms with Gasteiger partial charge < -0.3 is 14.6 Å². The van der Waals surface area contributed by atoms with Gasteiger partial charge in [-0.2, -0.15) is 0 Å². The zero-order valence-corrected chi connectivity index (χ0v) is 26.1. The van der Waals surface area contributed by atoms with Crippen molar-refractivity contribution in [3.63, 3.8) is 0 Å². The minimum Gasteiger partial charge on any atom is -0.503 e. The number of thiazole rings is 1. The highest BCUT2D eigenvalue weighted by molar-refractivity contribution is 8.00. The average molecular weight is 631 g/mol. The van der Waals surface area contributed by atoms with Crippen LogP contribution in [0.1, 0.15) is 37.5 Å². The van der Waals surface area contributed by atoms with Gasteiger partial charge in [-0.1, -0.05) is 77.7 Å². The molecule has 218 valence electrons. The largest absolute Gasteiger partial charge is 0.503 e. The molecule has 1 unspecified atom stereocenters. The number of fused-ring (bicyclic) bond motifs is 1. The van der Waals surface area contributed by atoms with Crippen molar-refractivity contribution in [2.24, 2.45) is 0 Å². The lowest BCUT2D eigenvalue weighted by Crippen LogP contribution is -2.31. The summed E-state index contributed by atoms with van der Waals surface area (Å²) in [5, 5.41) is 23.2. The monoisotopic (exact) mass is 630 g/mol. The molecule has 0 spiro atoms. The molecule has 5 aromatic rings. The van der Waals surface area contributed by atoms with E-state index in [-0.39, 0.29) is 10.7 Å². The maximum absolute atomic E-state index is 14.0. The summed E-state index contributed by atoms with van der Waals surface area (Å²) in [6, 6.07) is 18.5. The number of thioether (sulfide) groups is 1. The molecular formula is C31H26N4O5S3. The molecule has 3 heterocycles. The van der Waals surface area contributed by atoms with Crippen LogP contribution in [0.25, 0.3) is 10.8 Å². The molecule has 1 aliphatic rings. The Morgan fingerprint density at radius 2 is 1.77 bits per heavy atom. The number of amides is 1. The van der Waals surface area contributed by atoms with E-state index >= 15 is 0 Å². The van der Waals surface area contributed by atoms with Gasteiger partial charge in [0.05, 0.1) is 35.4 Å². The highest BCUT2D eigenvalue weighted by Gasteiger charge is 2.48. The van der Waals surface area contributed by atoms with Crippen molar-refractivity contribution in [3.8, 4) is 11.5 Å². The van der Waals surface area contributed by atoms with E-state index in [0.29, 0.717) is 42.7 Å². The van der Waals surface area contributed by atoms with Gasteiger partial charge in [0.15, 0.2) is 21.6 Å². The first kappa shape index (κ1) is 28.8. The van der Waals surface area contributed by atoms with Gasteiger partial charge in [-0.15, -0.1) is 21.5 Å².